The van der Waals surface area contributed by atoms with E-state index in [1.54, 1.807) is 6.07 Å². The lowest BCUT2D eigenvalue weighted by atomic mass is 10.2. The Hall–Kier alpha value is -2.80. The van der Waals surface area contributed by atoms with Crippen LogP contribution in [0.3, 0.4) is 0 Å². The highest BCUT2D eigenvalue weighted by molar-refractivity contribution is 6.32. The summed E-state index contributed by atoms with van der Waals surface area (Å²) in [6.07, 6.45) is 0. The highest BCUT2D eigenvalue weighted by atomic mass is 35.5. The first-order chi connectivity index (χ1) is 10.5. The lowest BCUT2D eigenvalue weighted by Gasteiger charge is -2.07. The van der Waals surface area contributed by atoms with Gasteiger partial charge in [-0.15, -0.1) is 0 Å². The van der Waals surface area contributed by atoms with Gasteiger partial charge >= 0.3 is 5.97 Å². The van der Waals surface area contributed by atoms with Crippen LogP contribution < -0.4 is 9.62 Å². The number of benzene rings is 2. The molecule has 0 aliphatic heterocycles. The van der Waals surface area contributed by atoms with Gasteiger partial charge in [-0.25, -0.2) is 9.68 Å². The van der Waals surface area contributed by atoms with Gasteiger partial charge in [0.25, 0.3) is 5.69 Å². The topological polar surface area (TPSA) is 87.9 Å². The third-order valence-electron chi connectivity index (χ3n) is 2.67. The zero-order valence-corrected chi connectivity index (χ0v) is 12.1. The first-order valence-electron chi connectivity index (χ1n) is 5.98. The molecule has 114 valence electrons. The van der Waals surface area contributed by atoms with Crippen LogP contribution in [0.4, 0.5) is 5.69 Å². The van der Waals surface area contributed by atoms with Crippen molar-refractivity contribution in [2.45, 2.75) is 0 Å². The molecule has 2 aromatic rings. The summed E-state index contributed by atoms with van der Waals surface area (Å²) in [5, 5.41) is 11.0. The van der Waals surface area contributed by atoms with E-state index in [-0.39, 0.29) is 22.0 Å². The summed E-state index contributed by atoms with van der Waals surface area (Å²) in [4.78, 5) is 31.4. The minimum absolute atomic E-state index is 0.0781. The summed E-state index contributed by atoms with van der Waals surface area (Å²) < 4.78 is 4.96. The number of nitrogens with zero attached hydrogens (tertiary/aromatic N) is 1. The lowest BCUT2D eigenvalue weighted by Crippen LogP contribution is -2.10. The van der Waals surface area contributed by atoms with Gasteiger partial charge < -0.3 is 4.74 Å². The highest BCUT2D eigenvalue weighted by Gasteiger charge is 2.22. The Morgan fingerprint density at radius 2 is 1.95 bits per heavy atom. The van der Waals surface area contributed by atoms with Crippen LogP contribution in [-0.2, 0) is 4.89 Å². The Kier molecular flexibility index (Phi) is 4.80. The van der Waals surface area contributed by atoms with Crippen molar-refractivity contribution in [3.63, 3.8) is 0 Å². The summed E-state index contributed by atoms with van der Waals surface area (Å²) in [6.45, 7) is 0. The molecule has 0 radical (unpaired) electrons. The zero-order valence-electron chi connectivity index (χ0n) is 11.3. The SMILES string of the molecule is COc1ccc(OOC(=O)c2ccccc2[N+](=O)[O-])c(Cl)c1. The van der Waals surface area contributed by atoms with E-state index < -0.39 is 10.9 Å². The molecule has 0 fully saturated rings. The Labute approximate surface area is 130 Å². The standard InChI is InChI=1S/C14H10ClNO6/c1-20-9-6-7-13(11(15)8-9)21-22-14(17)10-4-2-3-5-12(10)16(18)19/h2-8H,1H3. The fraction of sp³-hybridized carbons (Fsp3) is 0.0714. The summed E-state index contributed by atoms with van der Waals surface area (Å²) in [5.41, 5.74) is -0.603. The molecule has 8 heteroatoms. The molecule has 0 spiro atoms. The first kappa shape index (κ1) is 15.6. The largest absolute Gasteiger partial charge is 0.497 e. The van der Waals surface area contributed by atoms with Crippen molar-refractivity contribution in [2.24, 2.45) is 0 Å². The number of halogens is 1. The van der Waals surface area contributed by atoms with Crippen LogP contribution in [0.2, 0.25) is 5.02 Å². The molecule has 0 saturated heterocycles. The molecule has 0 N–H and O–H groups in total. The van der Waals surface area contributed by atoms with Crippen molar-refractivity contribution in [2.75, 3.05) is 7.11 Å². The minimum Gasteiger partial charge on any atom is -0.497 e. The van der Waals surface area contributed by atoms with Gasteiger partial charge in [-0.2, -0.15) is 0 Å². The number of hydrogen-bond acceptors (Lipinski definition) is 6. The van der Waals surface area contributed by atoms with Crippen molar-refractivity contribution in [1.82, 2.24) is 0 Å². The van der Waals surface area contributed by atoms with Crippen LogP contribution in [0.1, 0.15) is 10.4 Å². The second-order valence-electron chi connectivity index (χ2n) is 4.02. The Balaban J connectivity index is 2.12. The zero-order chi connectivity index (χ0) is 16.1. The molecule has 7 nitrogen and oxygen atoms in total. The Bertz CT molecular complexity index is 718. The molecule has 2 rings (SSSR count). The predicted octanol–water partition coefficient (Wildman–Crippen LogP) is 3.41. The van der Waals surface area contributed by atoms with E-state index in [2.05, 4.69) is 4.89 Å². The smallest absolute Gasteiger partial charge is 0.393 e. The van der Waals surface area contributed by atoms with Crippen LogP contribution in [0.15, 0.2) is 42.5 Å². The van der Waals surface area contributed by atoms with E-state index in [9.17, 15) is 14.9 Å². The van der Waals surface area contributed by atoms with Crippen molar-refractivity contribution in [3.05, 3.63) is 63.2 Å². The fourth-order valence-corrected chi connectivity index (χ4v) is 1.81. The van der Waals surface area contributed by atoms with E-state index in [4.69, 9.17) is 21.2 Å². The Morgan fingerprint density at radius 3 is 2.59 bits per heavy atom. The molecule has 0 amide bonds. The molecule has 0 aliphatic carbocycles. The first-order valence-corrected chi connectivity index (χ1v) is 6.36. The third-order valence-corrected chi connectivity index (χ3v) is 2.96. The number of hydrogen-bond donors (Lipinski definition) is 0. The number of nitro groups is 1. The molecule has 0 aliphatic rings. The van der Waals surface area contributed by atoms with E-state index in [1.807, 2.05) is 0 Å². The summed E-state index contributed by atoms with van der Waals surface area (Å²) in [6, 6.07) is 9.83. The normalized spacial score (nSPS) is 9.91. The number of ether oxygens (including phenoxy) is 1. The number of methoxy groups -OCH3 is 1. The number of rotatable bonds is 5. The van der Waals surface area contributed by atoms with Gasteiger partial charge in [0.05, 0.1) is 17.1 Å². The Morgan fingerprint density at radius 1 is 1.23 bits per heavy atom. The second-order valence-corrected chi connectivity index (χ2v) is 4.43. The maximum absolute atomic E-state index is 11.9. The van der Waals surface area contributed by atoms with Crippen molar-refractivity contribution in [1.29, 1.82) is 0 Å². The van der Waals surface area contributed by atoms with Gasteiger partial charge in [0.15, 0.2) is 5.75 Å². The lowest BCUT2D eigenvalue weighted by molar-refractivity contribution is -0.385. The molecule has 22 heavy (non-hydrogen) atoms. The van der Waals surface area contributed by atoms with Crippen molar-refractivity contribution in [3.8, 4) is 11.5 Å². The van der Waals surface area contributed by atoms with E-state index in [1.165, 1.54) is 43.5 Å². The molecule has 0 saturated carbocycles. The fourth-order valence-electron chi connectivity index (χ4n) is 1.61. The molecule has 0 aromatic heterocycles. The number of carbonyl (C=O) groups excluding carboxylic acids is 1. The molecular formula is C14H10ClNO6. The van der Waals surface area contributed by atoms with Crippen LogP contribution in [-0.4, -0.2) is 18.0 Å². The summed E-state index contributed by atoms with van der Waals surface area (Å²) >= 11 is 5.91. The molecule has 0 heterocycles. The molecule has 2 aromatic carbocycles. The quantitative estimate of drug-likeness (QED) is 0.476. The summed E-state index contributed by atoms with van der Waals surface area (Å²) in [7, 11) is 1.47. The third kappa shape index (κ3) is 3.44. The predicted molar refractivity (Wildman–Crippen MR) is 77.1 cm³/mol. The number of carbonyl (C=O) groups is 1. The number of nitro benzene ring substituents is 1. The molecule has 0 bridgehead atoms. The van der Waals surface area contributed by atoms with Gasteiger partial charge in [0.1, 0.15) is 11.3 Å². The average molecular weight is 324 g/mol. The summed E-state index contributed by atoms with van der Waals surface area (Å²) in [5.74, 6) is -0.420. The van der Waals surface area contributed by atoms with Crippen LogP contribution in [0.5, 0.6) is 11.5 Å². The van der Waals surface area contributed by atoms with Crippen LogP contribution in [0, 0.1) is 10.1 Å². The maximum atomic E-state index is 11.9. The van der Waals surface area contributed by atoms with Gasteiger partial charge in [-0.1, -0.05) is 23.7 Å². The van der Waals surface area contributed by atoms with E-state index in [0.29, 0.717) is 5.75 Å². The van der Waals surface area contributed by atoms with E-state index in [0.717, 1.165) is 0 Å². The molecule has 0 unspecified atom stereocenters. The molecular weight excluding hydrogens is 314 g/mol. The van der Waals surface area contributed by atoms with Crippen LogP contribution >= 0.6 is 11.6 Å². The maximum Gasteiger partial charge on any atom is 0.393 e. The average Bonchev–Trinajstić information content (AvgIpc) is 2.53. The highest BCUT2D eigenvalue weighted by Crippen LogP contribution is 2.29. The minimum atomic E-state index is -1.00. The van der Waals surface area contributed by atoms with Gasteiger partial charge in [-0.05, 0) is 18.2 Å². The van der Waals surface area contributed by atoms with Gasteiger partial charge in [0, 0.05) is 12.1 Å². The second kappa shape index (κ2) is 6.77. The van der Waals surface area contributed by atoms with Crippen LogP contribution in [0.25, 0.3) is 0 Å². The van der Waals surface area contributed by atoms with E-state index >= 15 is 0 Å². The van der Waals surface area contributed by atoms with Crippen molar-refractivity contribution >= 4 is 23.3 Å². The van der Waals surface area contributed by atoms with Gasteiger partial charge in [-0.3, -0.25) is 15.0 Å². The monoisotopic (exact) mass is 323 g/mol. The number of para-hydroxylation sites is 1. The van der Waals surface area contributed by atoms with Gasteiger partial charge in [0.2, 0.25) is 0 Å². The molecule has 0 atom stereocenters. The van der Waals surface area contributed by atoms with Crippen molar-refractivity contribution < 1.29 is 24.2 Å².